The Morgan fingerprint density at radius 1 is 1.04 bits per heavy atom. The average Bonchev–Trinajstić information content (AvgIpc) is 3.38. The van der Waals surface area contributed by atoms with Crippen LogP contribution in [0.5, 0.6) is 0 Å². The minimum atomic E-state index is -0.842. The fraction of sp³-hybridized carbons (Fsp3) is 0.312. The summed E-state index contributed by atoms with van der Waals surface area (Å²) in [5.41, 5.74) is 2.51. The van der Waals surface area contributed by atoms with Gasteiger partial charge < -0.3 is 24.9 Å². The fourth-order valence-electron chi connectivity index (χ4n) is 4.44. The minimum absolute atomic E-state index is 0.000177. The van der Waals surface area contributed by atoms with Gasteiger partial charge in [0.25, 0.3) is 5.09 Å². The molecule has 0 fully saturated rings. The summed E-state index contributed by atoms with van der Waals surface area (Å²) in [6.07, 6.45) is 3.11. The van der Waals surface area contributed by atoms with Crippen molar-refractivity contribution in [2.45, 2.75) is 52.2 Å². The van der Waals surface area contributed by atoms with Gasteiger partial charge in [-0.05, 0) is 80.0 Å². The fourth-order valence-corrected chi connectivity index (χ4v) is 5.37. The van der Waals surface area contributed by atoms with Crippen LogP contribution in [0.25, 0.3) is 10.1 Å². The van der Waals surface area contributed by atoms with Crippen molar-refractivity contribution < 1.29 is 33.8 Å². The zero-order valence-corrected chi connectivity index (χ0v) is 26.1. The molecule has 2 aromatic carbocycles. The van der Waals surface area contributed by atoms with E-state index >= 15 is 0 Å². The van der Waals surface area contributed by atoms with Crippen molar-refractivity contribution in [3.63, 3.8) is 0 Å². The lowest BCUT2D eigenvalue weighted by Gasteiger charge is -2.22. The number of aryl methyl sites for hydroxylation is 1. The molecule has 2 aromatic heterocycles. The van der Waals surface area contributed by atoms with Crippen LogP contribution in [0.4, 0.5) is 9.80 Å². The quantitative estimate of drug-likeness (QED) is 0.109. The Kier molecular flexibility index (Phi) is 10.7. The van der Waals surface area contributed by atoms with Crippen LogP contribution >= 0.6 is 11.3 Å². The van der Waals surface area contributed by atoms with E-state index in [1.54, 1.807) is 82.6 Å². The van der Waals surface area contributed by atoms with Gasteiger partial charge in [0.2, 0.25) is 5.91 Å². The summed E-state index contributed by atoms with van der Waals surface area (Å²) in [7, 11) is 0. The number of anilines is 1. The summed E-state index contributed by atoms with van der Waals surface area (Å²) < 4.78 is 11.8. The van der Waals surface area contributed by atoms with E-state index in [-0.39, 0.29) is 25.7 Å². The van der Waals surface area contributed by atoms with Crippen LogP contribution in [-0.4, -0.2) is 46.8 Å². The van der Waals surface area contributed by atoms with Gasteiger partial charge >= 0.3 is 12.1 Å². The smallest absolute Gasteiger partial charge is 0.407 e. The Morgan fingerprint density at radius 3 is 2.44 bits per heavy atom. The summed E-state index contributed by atoms with van der Waals surface area (Å²) in [6, 6.07) is 15.8. The van der Waals surface area contributed by atoms with E-state index in [4.69, 9.17) is 9.47 Å². The molecule has 0 unspecified atom stereocenters. The first-order valence-electron chi connectivity index (χ1n) is 14.1. The number of rotatable bonds is 12. The summed E-state index contributed by atoms with van der Waals surface area (Å²) in [5.74, 6) is -1.56. The highest BCUT2D eigenvalue weighted by molar-refractivity contribution is 7.22. The average molecular weight is 635 g/mol. The largest absolute Gasteiger partial charge is 0.457 e. The van der Waals surface area contributed by atoms with Gasteiger partial charge in [-0.3, -0.25) is 9.78 Å². The van der Waals surface area contributed by atoms with Crippen molar-refractivity contribution in [3.8, 4) is 0 Å². The molecule has 0 aliphatic rings. The highest BCUT2D eigenvalue weighted by Gasteiger charge is 2.24. The number of fused-ring (bicyclic) bond motifs is 1. The molecule has 0 saturated carbocycles. The number of carbonyl (C=O) groups excluding carboxylic acids is 3. The van der Waals surface area contributed by atoms with E-state index in [9.17, 15) is 24.5 Å². The van der Waals surface area contributed by atoms with Gasteiger partial charge in [0.1, 0.15) is 18.8 Å². The minimum Gasteiger partial charge on any atom is -0.457 e. The number of carbonyl (C=O) groups is 3. The number of nitrogens with one attached hydrogen (secondary N) is 2. The molecule has 45 heavy (non-hydrogen) atoms. The van der Waals surface area contributed by atoms with Crippen molar-refractivity contribution in [2.24, 2.45) is 0 Å². The van der Waals surface area contributed by atoms with Crippen LogP contribution in [-0.2, 0) is 32.1 Å². The van der Waals surface area contributed by atoms with Crippen molar-refractivity contribution in [1.82, 2.24) is 10.3 Å². The molecular formula is C32H34N4O8S. The molecule has 2 amide bonds. The summed E-state index contributed by atoms with van der Waals surface area (Å²) in [4.78, 5) is 57.4. The van der Waals surface area contributed by atoms with Crippen LogP contribution in [0.3, 0.4) is 0 Å². The van der Waals surface area contributed by atoms with E-state index in [0.29, 0.717) is 33.7 Å². The Hall–Kier alpha value is -5.04. The number of pyridine rings is 1. The zero-order valence-electron chi connectivity index (χ0n) is 25.3. The maximum atomic E-state index is 13.5. The maximum absolute atomic E-state index is 13.5. The summed E-state index contributed by atoms with van der Waals surface area (Å²) >= 11 is 1.40. The molecule has 12 nitrogen and oxygen atoms in total. The lowest BCUT2D eigenvalue weighted by Crippen LogP contribution is -2.37. The number of aromatic nitrogens is 1. The predicted molar refractivity (Wildman–Crippen MR) is 169 cm³/mol. The van der Waals surface area contributed by atoms with E-state index in [1.807, 2.05) is 12.1 Å². The molecule has 2 heterocycles. The van der Waals surface area contributed by atoms with Gasteiger partial charge in [-0.25, -0.2) is 9.59 Å². The highest BCUT2D eigenvalue weighted by Crippen LogP contribution is 2.30. The molecule has 2 N–H and O–H groups in total. The Labute approximate surface area is 263 Å². The second-order valence-electron chi connectivity index (χ2n) is 11.2. The standard InChI is InChI=1S/C32H34N4O8S/c1-20-15-21(12-14-43-36(40)41)7-10-25(20)30(38)42-19-22-5-8-23(9-6-22)26(17-34-31(39)44-32(2,3)4)29(37)35-28-16-24-11-13-33-18-27(24)45-28/h5-11,13,15-16,18,26H,12,14,17,19H2,1-4H3,(H,34,39)(H,35,37)/t26-/m1/s1. The van der Waals surface area contributed by atoms with Crippen LogP contribution in [0.15, 0.2) is 67.0 Å². The molecule has 1 atom stereocenters. The topological polar surface area (TPSA) is 159 Å². The Morgan fingerprint density at radius 2 is 1.78 bits per heavy atom. The third kappa shape index (κ3) is 9.73. The number of hydrogen-bond donors (Lipinski definition) is 2. The van der Waals surface area contributed by atoms with Gasteiger partial charge in [-0.15, -0.1) is 21.5 Å². The van der Waals surface area contributed by atoms with Gasteiger partial charge in [-0.1, -0.05) is 36.4 Å². The number of esters is 1. The first-order chi connectivity index (χ1) is 21.4. The molecule has 0 aliphatic carbocycles. The number of ether oxygens (including phenoxy) is 2. The van der Waals surface area contributed by atoms with Crippen molar-refractivity contribution in [2.75, 3.05) is 18.5 Å². The van der Waals surface area contributed by atoms with E-state index < -0.39 is 28.7 Å². The second kappa shape index (κ2) is 14.6. The molecule has 4 aromatic rings. The summed E-state index contributed by atoms with van der Waals surface area (Å²) in [6.45, 7) is 6.95. The molecule has 0 saturated heterocycles. The van der Waals surface area contributed by atoms with Gasteiger partial charge in [-0.2, -0.15) is 0 Å². The monoisotopic (exact) mass is 634 g/mol. The van der Waals surface area contributed by atoms with Gasteiger partial charge in [0, 0.05) is 18.9 Å². The predicted octanol–water partition coefficient (Wildman–Crippen LogP) is 5.96. The van der Waals surface area contributed by atoms with Crippen LogP contribution in [0.2, 0.25) is 0 Å². The molecule has 4 rings (SSSR count). The van der Waals surface area contributed by atoms with E-state index in [1.165, 1.54) is 11.3 Å². The number of hydrogen-bond acceptors (Lipinski definition) is 10. The zero-order chi connectivity index (χ0) is 32.6. The van der Waals surface area contributed by atoms with Crippen LogP contribution in [0.1, 0.15) is 59.3 Å². The normalized spacial score (nSPS) is 11.8. The van der Waals surface area contributed by atoms with Crippen molar-refractivity contribution in [3.05, 3.63) is 105 Å². The van der Waals surface area contributed by atoms with Crippen LogP contribution < -0.4 is 10.6 Å². The molecule has 0 bridgehead atoms. The molecule has 0 aliphatic heterocycles. The number of alkyl carbamates (subject to hydrolysis) is 1. The van der Waals surface area contributed by atoms with Gasteiger partial charge in [0.05, 0.1) is 21.2 Å². The lowest BCUT2D eigenvalue weighted by atomic mass is 9.97. The van der Waals surface area contributed by atoms with Gasteiger partial charge in [0.15, 0.2) is 0 Å². The number of thiophene rings is 1. The molecule has 0 radical (unpaired) electrons. The number of benzene rings is 2. The SMILES string of the molecule is Cc1cc(CCO[N+](=O)[O-])ccc1C(=O)OCc1ccc([C@@H](CNC(=O)OC(C)(C)C)C(=O)Nc2cc3ccncc3s2)cc1. The Balaban J connectivity index is 1.41. The van der Waals surface area contributed by atoms with Crippen molar-refractivity contribution >= 4 is 44.4 Å². The number of nitrogens with zero attached hydrogens (tertiary/aromatic N) is 2. The number of amides is 2. The molecular weight excluding hydrogens is 600 g/mol. The molecule has 236 valence electrons. The first kappa shape index (κ1) is 32.9. The third-order valence-corrected chi connectivity index (χ3v) is 7.59. The van der Waals surface area contributed by atoms with E-state index in [2.05, 4.69) is 20.5 Å². The summed E-state index contributed by atoms with van der Waals surface area (Å²) in [5, 5.41) is 16.8. The second-order valence-corrected chi connectivity index (χ2v) is 12.3. The van der Waals surface area contributed by atoms with Crippen LogP contribution in [0, 0.1) is 17.0 Å². The molecule has 0 spiro atoms. The Bertz CT molecular complexity index is 1650. The highest BCUT2D eigenvalue weighted by atomic mass is 32.1. The molecule has 13 heteroatoms. The lowest BCUT2D eigenvalue weighted by molar-refractivity contribution is -0.757. The maximum Gasteiger partial charge on any atom is 0.407 e. The first-order valence-corrected chi connectivity index (χ1v) is 14.9. The van der Waals surface area contributed by atoms with Crippen molar-refractivity contribution in [1.29, 1.82) is 0 Å². The third-order valence-electron chi connectivity index (χ3n) is 6.59. The van der Waals surface area contributed by atoms with E-state index in [0.717, 1.165) is 15.6 Å².